The van der Waals surface area contributed by atoms with Crippen LogP contribution >= 0.6 is 12.2 Å². The summed E-state index contributed by atoms with van der Waals surface area (Å²) in [5.41, 5.74) is 5.83. The van der Waals surface area contributed by atoms with E-state index in [1.54, 1.807) is 17.8 Å². The van der Waals surface area contributed by atoms with E-state index in [-0.39, 0.29) is 4.99 Å². The number of hydrogen-bond acceptors (Lipinski definition) is 4. The molecule has 0 bridgehead atoms. The lowest BCUT2D eigenvalue weighted by molar-refractivity contribution is 0.594. The normalized spacial score (nSPS) is 13.3. The second kappa shape index (κ2) is 5.46. The summed E-state index contributed by atoms with van der Waals surface area (Å²) >= 11 is 4.75. The summed E-state index contributed by atoms with van der Waals surface area (Å²) in [5, 5.41) is 3.12. The summed E-state index contributed by atoms with van der Waals surface area (Å²) in [7, 11) is -3.59. The molecule has 1 aromatic rings. The van der Waals surface area contributed by atoms with Crippen molar-refractivity contribution in [3.05, 3.63) is 12.4 Å². The van der Waals surface area contributed by atoms with Crippen LogP contribution in [0.25, 0.3) is 0 Å². The maximum Gasteiger partial charge on any atom is 0.242 e. The Labute approximate surface area is 106 Å². The first-order valence-corrected chi connectivity index (χ1v) is 7.19. The maximum absolute atomic E-state index is 12.0. The molecule has 1 aromatic heterocycles. The summed E-state index contributed by atoms with van der Waals surface area (Å²) in [4.78, 5) is -0.0251. The topological polar surface area (TPSA) is 90.0 Å². The monoisotopic (exact) mass is 276 g/mol. The Bertz CT molecular complexity index is 495. The van der Waals surface area contributed by atoms with Gasteiger partial charge in [0.2, 0.25) is 10.0 Å². The molecule has 1 heterocycles. The third-order valence-electron chi connectivity index (χ3n) is 2.28. The number of aromatic nitrogens is 2. The highest BCUT2D eigenvalue weighted by atomic mass is 32.2. The molecule has 96 valence electrons. The minimum atomic E-state index is -3.59. The van der Waals surface area contributed by atoms with Crippen molar-refractivity contribution >= 4 is 32.9 Å². The van der Waals surface area contributed by atoms with Gasteiger partial charge in [-0.15, -0.1) is 0 Å². The smallest absolute Gasteiger partial charge is 0.242 e. The van der Waals surface area contributed by atoms with E-state index >= 15 is 0 Å². The SMILES string of the molecule is CCC(C(N)=S)S(=O)(=O)Nc1cnn(CC)c1. The highest BCUT2D eigenvalue weighted by Gasteiger charge is 2.26. The molecule has 0 aliphatic rings. The average molecular weight is 276 g/mol. The first-order chi connectivity index (χ1) is 7.90. The molecule has 0 fully saturated rings. The molecule has 0 spiro atoms. The maximum atomic E-state index is 12.0. The zero-order valence-corrected chi connectivity index (χ0v) is 11.4. The molecule has 0 amide bonds. The molecule has 0 radical (unpaired) electrons. The predicted molar refractivity (Wildman–Crippen MR) is 71.3 cm³/mol. The van der Waals surface area contributed by atoms with E-state index in [0.29, 0.717) is 18.7 Å². The van der Waals surface area contributed by atoms with Crippen LogP contribution in [-0.2, 0) is 16.6 Å². The number of hydrogen-bond donors (Lipinski definition) is 2. The van der Waals surface area contributed by atoms with E-state index in [9.17, 15) is 8.42 Å². The van der Waals surface area contributed by atoms with Crippen molar-refractivity contribution in [1.29, 1.82) is 0 Å². The molecule has 1 rings (SSSR count). The van der Waals surface area contributed by atoms with Gasteiger partial charge in [-0.25, -0.2) is 8.42 Å². The van der Waals surface area contributed by atoms with Crippen LogP contribution in [0.5, 0.6) is 0 Å². The van der Waals surface area contributed by atoms with E-state index in [1.807, 2.05) is 6.92 Å². The molecule has 0 saturated carbocycles. The summed E-state index contributed by atoms with van der Waals surface area (Å²) in [6, 6.07) is 0. The molecule has 0 aliphatic carbocycles. The Kier molecular flexibility index (Phi) is 4.47. The molecular weight excluding hydrogens is 260 g/mol. The molecule has 1 atom stereocenters. The van der Waals surface area contributed by atoms with Gasteiger partial charge in [0.15, 0.2) is 0 Å². The molecule has 17 heavy (non-hydrogen) atoms. The van der Waals surface area contributed by atoms with Gasteiger partial charge < -0.3 is 5.73 Å². The molecule has 6 nitrogen and oxygen atoms in total. The average Bonchev–Trinajstić information content (AvgIpc) is 2.64. The van der Waals surface area contributed by atoms with Crippen molar-refractivity contribution in [2.24, 2.45) is 5.73 Å². The van der Waals surface area contributed by atoms with Crippen LogP contribution in [0.4, 0.5) is 5.69 Å². The fraction of sp³-hybridized carbons (Fsp3) is 0.556. The second-order valence-corrected chi connectivity index (χ2v) is 5.87. The number of nitrogens with zero attached hydrogens (tertiary/aromatic N) is 2. The fourth-order valence-corrected chi connectivity index (χ4v) is 3.27. The van der Waals surface area contributed by atoms with Gasteiger partial charge in [-0.3, -0.25) is 9.40 Å². The molecule has 3 N–H and O–H groups in total. The van der Waals surface area contributed by atoms with Gasteiger partial charge in [0, 0.05) is 12.7 Å². The molecule has 1 unspecified atom stereocenters. The number of anilines is 1. The molecular formula is C9H16N4O2S2. The largest absolute Gasteiger partial charge is 0.392 e. The van der Waals surface area contributed by atoms with Crippen LogP contribution in [0.15, 0.2) is 12.4 Å². The lowest BCUT2D eigenvalue weighted by atomic mass is 10.3. The summed E-state index contributed by atoms with van der Waals surface area (Å²) in [6.07, 6.45) is 3.41. The summed E-state index contributed by atoms with van der Waals surface area (Å²) in [6.45, 7) is 4.31. The first-order valence-electron chi connectivity index (χ1n) is 5.24. The van der Waals surface area contributed by atoms with Gasteiger partial charge >= 0.3 is 0 Å². The number of nitrogens with one attached hydrogen (secondary N) is 1. The number of rotatable bonds is 6. The van der Waals surface area contributed by atoms with Crippen molar-refractivity contribution in [2.75, 3.05) is 4.72 Å². The van der Waals surface area contributed by atoms with E-state index in [1.165, 1.54) is 6.20 Å². The van der Waals surface area contributed by atoms with Gasteiger partial charge in [-0.2, -0.15) is 5.10 Å². The second-order valence-electron chi connectivity index (χ2n) is 3.53. The van der Waals surface area contributed by atoms with Crippen LogP contribution in [0.2, 0.25) is 0 Å². The lowest BCUT2D eigenvalue weighted by Crippen LogP contribution is -2.37. The lowest BCUT2D eigenvalue weighted by Gasteiger charge is -2.14. The number of thiocarbonyl (C=S) groups is 1. The van der Waals surface area contributed by atoms with Crippen molar-refractivity contribution < 1.29 is 8.42 Å². The van der Waals surface area contributed by atoms with Crippen LogP contribution in [-0.4, -0.2) is 28.4 Å². The zero-order chi connectivity index (χ0) is 13.1. The Morgan fingerprint density at radius 1 is 1.65 bits per heavy atom. The predicted octanol–water partition coefficient (Wildman–Crippen LogP) is 0.709. The van der Waals surface area contributed by atoms with E-state index < -0.39 is 15.3 Å². The quantitative estimate of drug-likeness (QED) is 0.747. The minimum absolute atomic E-state index is 0.0251. The Morgan fingerprint density at radius 3 is 2.71 bits per heavy atom. The minimum Gasteiger partial charge on any atom is -0.392 e. The van der Waals surface area contributed by atoms with E-state index in [0.717, 1.165) is 0 Å². The molecule has 0 aromatic carbocycles. The van der Waals surface area contributed by atoms with E-state index in [4.69, 9.17) is 18.0 Å². The van der Waals surface area contributed by atoms with Crippen LogP contribution in [0, 0.1) is 0 Å². The number of sulfonamides is 1. The first kappa shape index (κ1) is 13.9. The van der Waals surface area contributed by atoms with Crippen LogP contribution in [0.1, 0.15) is 20.3 Å². The molecule has 0 saturated heterocycles. The van der Waals surface area contributed by atoms with Gasteiger partial charge in [0.1, 0.15) is 5.25 Å². The Hall–Kier alpha value is -1.15. The van der Waals surface area contributed by atoms with Gasteiger partial charge in [-0.05, 0) is 13.3 Å². The van der Waals surface area contributed by atoms with Crippen LogP contribution in [0.3, 0.4) is 0 Å². The Balaban J connectivity index is 2.89. The van der Waals surface area contributed by atoms with Crippen molar-refractivity contribution in [3.8, 4) is 0 Å². The van der Waals surface area contributed by atoms with Gasteiger partial charge in [0.05, 0.1) is 16.9 Å². The van der Waals surface area contributed by atoms with Crippen molar-refractivity contribution in [2.45, 2.75) is 32.1 Å². The standard InChI is InChI=1S/C9H16N4O2S2/c1-3-8(9(10)16)17(14,15)12-7-5-11-13(4-2)6-7/h5-6,8,12H,3-4H2,1-2H3,(H2,10,16). The number of nitrogens with two attached hydrogens (primary N) is 1. The van der Waals surface area contributed by atoms with E-state index in [2.05, 4.69) is 9.82 Å². The highest BCUT2D eigenvalue weighted by Crippen LogP contribution is 2.13. The van der Waals surface area contributed by atoms with Gasteiger partial charge in [0.25, 0.3) is 0 Å². The fourth-order valence-electron chi connectivity index (χ4n) is 1.40. The highest BCUT2D eigenvalue weighted by molar-refractivity contribution is 7.95. The molecule has 0 aliphatic heterocycles. The Morgan fingerprint density at radius 2 is 2.29 bits per heavy atom. The molecule has 8 heteroatoms. The van der Waals surface area contributed by atoms with Crippen LogP contribution < -0.4 is 10.5 Å². The van der Waals surface area contributed by atoms with Crippen molar-refractivity contribution in [1.82, 2.24) is 9.78 Å². The third-order valence-corrected chi connectivity index (χ3v) is 4.57. The number of aryl methyl sites for hydroxylation is 1. The van der Waals surface area contributed by atoms with Crippen molar-refractivity contribution in [3.63, 3.8) is 0 Å². The zero-order valence-electron chi connectivity index (χ0n) is 9.75. The van der Waals surface area contributed by atoms with Gasteiger partial charge in [-0.1, -0.05) is 19.1 Å². The summed E-state index contributed by atoms with van der Waals surface area (Å²) in [5.74, 6) is 0. The third kappa shape index (κ3) is 3.40. The summed E-state index contributed by atoms with van der Waals surface area (Å²) < 4.78 is 28.0.